The van der Waals surface area contributed by atoms with Crippen molar-refractivity contribution in [1.29, 1.82) is 0 Å². The maximum absolute atomic E-state index is 13.9. The zero-order valence-corrected chi connectivity index (χ0v) is 23.9. The minimum absolute atomic E-state index is 0.0390. The van der Waals surface area contributed by atoms with Gasteiger partial charge in [0.05, 0.1) is 29.8 Å². The summed E-state index contributed by atoms with van der Waals surface area (Å²) in [6, 6.07) is 23.2. The number of anilines is 1. The smallest absolute Gasteiger partial charge is 0.337 e. The first-order valence-electron chi connectivity index (χ1n) is 13.3. The van der Waals surface area contributed by atoms with Crippen molar-refractivity contribution < 1.29 is 31.9 Å². The first-order valence-corrected chi connectivity index (χ1v) is 14.7. The number of hydrogen-bond acceptors (Lipinski definition) is 6. The van der Waals surface area contributed by atoms with Crippen LogP contribution in [0, 0.1) is 12.7 Å². The van der Waals surface area contributed by atoms with E-state index in [9.17, 15) is 22.4 Å². The molecule has 5 rings (SSSR count). The summed E-state index contributed by atoms with van der Waals surface area (Å²) < 4.78 is 52.8. The number of benzene rings is 4. The van der Waals surface area contributed by atoms with Crippen LogP contribution in [-0.2, 0) is 26.0 Å². The van der Waals surface area contributed by atoms with Crippen LogP contribution in [0.4, 0.5) is 10.1 Å². The van der Waals surface area contributed by atoms with Crippen molar-refractivity contribution in [3.63, 3.8) is 0 Å². The highest BCUT2D eigenvalue weighted by atomic mass is 32.2. The van der Waals surface area contributed by atoms with Gasteiger partial charge < -0.3 is 14.8 Å². The summed E-state index contributed by atoms with van der Waals surface area (Å²) in [6.07, 6.45) is 0.226. The molecule has 4 aromatic rings. The lowest BCUT2D eigenvalue weighted by molar-refractivity contribution is -0.122. The van der Waals surface area contributed by atoms with Crippen LogP contribution in [0.1, 0.15) is 21.5 Å². The largest absolute Gasteiger partial charge is 0.491 e. The highest BCUT2D eigenvalue weighted by Crippen LogP contribution is 2.37. The SMILES string of the molecule is COC(=O)c1ccc(OCCNC(=O)[C@@H]2Cc3ccccc3N2S(=O)(=O)c2ccc(-c3ccc(F)cc3)cc2)c(C)c1. The van der Waals surface area contributed by atoms with Crippen LogP contribution in [0.5, 0.6) is 5.75 Å². The van der Waals surface area contributed by atoms with Gasteiger partial charge in [0.1, 0.15) is 24.2 Å². The fourth-order valence-corrected chi connectivity index (χ4v) is 6.59. The van der Waals surface area contributed by atoms with Gasteiger partial charge in [-0.15, -0.1) is 0 Å². The molecule has 0 aliphatic carbocycles. The highest BCUT2D eigenvalue weighted by Gasteiger charge is 2.42. The van der Waals surface area contributed by atoms with Crippen LogP contribution in [0.3, 0.4) is 0 Å². The van der Waals surface area contributed by atoms with E-state index in [2.05, 4.69) is 5.32 Å². The Morgan fingerprint density at radius 3 is 2.29 bits per heavy atom. The zero-order chi connectivity index (χ0) is 29.9. The predicted molar refractivity (Wildman–Crippen MR) is 156 cm³/mol. The van der Waals surface area contributed by atoms with Gasteiger partial charge in [0.25, 0.3) is 10.0 Å². The van der Waals surface area contributed by atoms with Crippen LogP contribution in [0.2, 0.25) is 0 Å². The minimum atomic E-state index is -4.10. The van der Waals surface area contributed by atoms with Gasteiger partial charge in [-0.2, -0.15) is 0 Å². The number of halogens is 1. The summed E-state index contributed by atoms with van der Waals surface area (Å²) in [5.41, 5.74) is 3.83. The number of esters is 1. The standard InChI is InChI=1S/C32H29FN2O6S/c1-21-19-25(32(37)40-2)11-16-30(21)41-18-17-34-31(36)29-20-24-5-3-4-6-28(24)35(29)42(38,39)27-14-9-23(10-15-27)22-7-12-26(33)13-8-22/h3-16,19,29H,17-18,20H2,1-2H3,(H,34,36)/t29-/m0/s1. The molecule has 0 aromatic heterocycles. The number of methoxy groups -OCH3 is 1. The summed E-state index contributed by atoms with van der Waals surface area (Å²) in [7, 11) is -2.79. The van der Waals surface area contributed by atoms with E-state index in [0.29, 0.717) is 17.0 Å². The fourth-order valence-electron chi connectivity index (χ4n) is 4.94. The third-order valence-corrected chi connectivity index (χ3v) is 8.91. The van der Waals surface area contributed by atoms with Crippen LogP contribution in [0.25, 0.3) is 11.1 Å². The molecule has 1 atom stereocenters. The number of amides is 1. The molecule has 1 N–H and O–H groups in total. The summed E-state index contributed by atoms with van der Waals surface area (Å²) in [4.78, 5) is 25.1. The van der Waals surface area contributed by atoms with Crippen LogP contribution < -0.4 is 14.4 Å². The van der Waals surface area contributed by atoms with Crippen molar-refractivity contribution in [3.05, 3.63) is 114 Å². The lowest BCUT2D eigenvalue weighted by Crippen LogP contribution is -2.48. The Kier molecular flexibility index (Phi) is 8.26. The average Bonchev–Trinajstić information content (AvgIpc) is 3.41. The number of nitrogens with zero attached hydrogens (tertiary/aromatic N) is 1. The zero-order valence-electron chi connectivity index (χ0n) is 23.0. The molecule has 1 heterocycles. The van der Waals surface area contributed by atoms with E-state index >= 15 is 0 Å². The van der Waals surface area contributed by atoms with Crippen molar-refractivity contribution >= 4 is 27.6 Å². The van der Waals surface area contributed by atoms with Crippen molar-refractivity contribution in [2.24, 2.45) is 0 Å². The van der Waals surface area contributed by atoms with Crippen molar-refractivity contribution in [2.45, 2.75) is 24.3 Å². The molecule has 0 fully saturated rings. The van der Waals surface area contributed by atoms with Gasteiger partial charge in [-0.1, -0.05) is 42.5 Å². The molecule has 1 aliphatic heterocycles. The number of carbonyl (C=O) groups excluding carboxylic acids is 2. The number of para-hydroxylation sites is 1. The van der Waals surface area contributed by atoms with E-state index in [0.717, 1.165) is 22.3 Å². The molecule has 1 amide bonds. The molecule has 0 radical (unpaired) electrons. The maximum atomic E-state index is 13.9. The van der Waals surface area contributed by atoms with E-state index in [-0.39, 0.29) is 30.3 Å². The van der Waals surface area contributed by atoms with Gasteiger partial charge >= 0.3 is 5.97 Å². The summed E-state index contributed by atoms with van der Waals surface area (Å²) in [5.74, 6) is -0.693. The lowest BCUT2D eigenvalue weighted by atomic mass is 10.1. The number of hydrogen-bond donors (Lipinski definition) is 1. The summed E-state index contributed by atoms with van der Waals surface area (Å²) in [6.45, 7) is 2.08. The average molecular weight is 589 g/mol. The molecule has 4 aromatic carbocycles. The Morgan fingerprint density at radius 1 is 0.952 bits per heavy atom. The molecule has 0 saturated carbocycles. The van der Waals surface area contributed by atoms with E-state index in [1.165, 1.54) is 35.7 Å². The number of aryl methyl sites for hydroxylation is 1. The molecular formula is C32H29FN2O6S. The summed E-state index contributed by atoms with van der Waals surface area (Å²) in [5, 5.41) is 2.80. The fraction of sp³-hybridized carbons (Fsp3) is 0.188. The van der Waals surface area contributed by atoms with Crippen LogP contribution >= 0.6 is 0 Å². The number of sulfonamides is 1. The highest BCUT2D eigenvalue weighted by molar-refractivity contribution is 7.93. The first kappa shape index (κ1) is 28.8. The number of nitrogens with one attached hydrogen (secondary N) is 1. The number of ether oxygens (including phenoxy) is 2. The third kappa shape index (κ3) is 5.84. The molecule has 0 bridgehead atoms. The molecule has 0 saturated heterocycles. The number of carbonyl (C=O) groups is 2. The van der Waals surface area contributed by atoms with Crippen molar-refractivity contribution in [1.82, 2.24) is 5.32 Å². The second kappa shape index (κ2) is 12.0. The summed E-state index contributed by atoms with van der Waals surface area (Å²) >= 11 is 0. The van der Waals surface area contributed by atoms with Gasteiger partial charge in [-0.3, -0.25) is 9.10 Å². The predicted octanol–water partition coefficient (Wildman–Crippen LogP) is 4.90. The molecule has 216 valence electrons. The quantitative estimate of drug-likeness (QED) is 0.220. The van der Waals surface area contributed by atoms with Crippen LogP contribution in [-0.4, -0.2) is 46.6 Å². The van der Waals surface area contributed by atoms with E-state index in [1.54, 1.807) is 61.5 Å². The second-order valence-corrected chi connectivity index (χ2v) is 11.6. The topological polar surface area (TPSA) is 102 Å². The molecule has 8 nitrogen and oxygen atoms in total. The first-order chi connectivity index (χ1) is 20.2. The monoisotopic (exact) mass is 588 g/mol. The number of rotatable bonds is 9. The normalized spacial score (nSPS) is 14.3. The number of fused-ring (bicyclic) bond motifs is 1. The minimum Gasteiger partial charge on any atom is -0.491 e. The van der Waals surface area contributed by atoms with Gasteiger partial charge in [0.15, 0.2) is 0 Å². The van der Waals surface area contributed by atoms with Gasteiger partial charge in [-0.25, -0.2) is 17.6 Å². The Bertz CT molecular complexity index is 1720. The lowest BCUT2D eigenvalue weighted by Gasteiger charge is -2.26. The second-order valence-electron chi connectivity index (χ2n) is 9.79. The molecular weight excluding hydrogens is 559 g/mol. The van der Waals surface area contributed by atoms with E-state index in [4.69, 9.17) is 9.47 Å². The van der Waals surface area contributed by atoms with Gasteiger partial charge in [-0.05, 0) is 77.7 Å². The molecule has 1 aliphatic rings. The Balaban J connectivity index is 1.29. The molecule has 10 heteroatoms. The van der Waals surface area contributed by atoms with Crippen molar-refractivity contribution in [2.75, 3.05) is 24.6 Å². The molecule has 0 unspecified atom stereocenters. The van der Waals surface area contributed by atoms with Crippen molar-refractivity contribution in [3.8, 4) is 16.9 Å². The Morgan fingerprint density at radius 2 is 1.62 bits per heavy atom. The molecule has 0 spiro atoms. The van der Waals surface area contributed by atoms with Gasteiger partial charge in [0.2, 0.25) is 5.91 Å². The molecule has 42 heavy (non-hydrogen) atoms. The Hall–Kier alpha value is -4.70. The Labute approximate surface area is 243 Å². The third-order valence-electron chi connectivity index (χ3n) is 7.07. The van der Waals surface area contributed by atoms with E-state index < -0.39 is 27.9 Å². The van der Waals surface area contributed by atoms with Crippen LogP contribution in [0.15, 0.2) is 95.9 Å². The van der Waals surface area contributed by atoms with E-state index in [1.807, 2.05) is 12.1 Å². The maximum Gasteiger partial charge on any atom is 0.337 e. The van der Waals surface area contributed by atoms with Gasteiger partial charge in [0, 0.05) is 6.42 Å².